The Hall–Kier alpha value is -3.23. The largest absolute Gasteiger partial charge is 0.365 e. The van der Waals surface area contributed by atoms with E-state index in [0.29, 0.717) is 55.4 Å². The van der Waals surface area contributed by atoms with Crippen LogP contribution >= 0.6 is 11.6 Å². The summed E-state index contributed by atoms with van der Waals surface area (Å²) in [5.74, 6) is -0.263. The summed E-state index contributed by atoms with van der Waals surface area (Å²) in [5, 5.41) is 12.1. The SMILES string of the molecule is Cc1ccc([C@H]2Cn3nnc(C(=O)N4CCC(C(=O)NCc5cccc(Cl)c5)CC4)c3CO2)cc1. The number of nitrogens with zero attached hydrogens (tertiary/aromatic N) is 4. The highest BCUT2D eigenvalue weighted by atomic mass is 35.5. The number of carbonyl (C=O) groups is 2. The van der Waals surface area contributed by atoms with Gasteiger partial charge >= 0.3 is 0 Å². The average Bonchev–Trinajstić information content (AvgIpc) is 3.31. The second-order valence-electron chi connectivity index (χ2n) is 9.19. The van der Waals surface area contributed by atoms with Gasteiger partial charge < -0.3 is 15.0 Å². The maximum Gasteiger partial charge on any atom is 0.276 e. The van der Waals surface area contributed by atoms with Gasteiger partial charge in [0.05, 0.1) is 18.8 Å². The summed E-state index contributed by atoms with van der Waals surface area (Å²) in [7, 11) is 0. The van der Waals surface area contributed by atoms with Gasteiger partial charge in [0, 0.05) is 30.6 Å². The molecule has 0 spiro atoms. The van der Waals surface area contributed by atoms with E-state index >= 15 is 0 Å². The van der Waals surface area contributed by atoms with Gasteiger partial charge in [-0.05, 0) is 43.0 Å². The van der Waals surface area contributed by atoms with Crippen LogP contribution < -0.4 is 5.32 Å². The lowest BCUT2D eigenvalue weighted by atomic mass is 9.95. The first-order chi connectivity index (χ1) is 17.0. The predicted molar refractivity (Wildman–Crippen MR) is 131 cm³/mol. The number of nitrogens with one attached hydrogen (secondary N) is 1. The van der Waals surface area contributed by atoms with Crippen molar-refractivity contribution in [3.05, 3.63) is 81.6 Å². The van der Waals surface area contributed by atoms with E-state index in [1.54, 1.807) is 15.6 Å². The van der Waals surface area contributed by atoms with Gasteiger partial charge in [0.1, 0.15) is 6.10 Å². The molecule has 1 aromatic heterocycles. The number of aromatic nitrogens is 3. The fourth-order valence-corrected chi connectivity index (χ4v) is 4.85. The Morgan fingerprint density at radius 3 is 2.66 bits per heavy atom. The smallest absolute Gasteiger partial charge is 0.276 e. The zero-order chi connectivity index (χ0) is 24.4. The zero-order valence-electron chi connectivity index (χ0n) is 19.6. The summed E-state index contributed by atoms with van der Waals surface area (Å²) >= 11 is 6.01. The highest BCUT2D eigenvalue weighted by Gasteiger charge is 2.33. The molecular formula is C26H28ClN5O3. The molecule has 1 N–H and O–H groups in total. The zero-order valence-corrected chi connectivity index (χ0v) is 20.4. The van der Waals surface area contributed by atoms with Crippen molar-refractivity contribution in [2.75, 3.05) is 13.1 Å². The number of aryl methyl sites for hydroxylation is 1. The molecule has 1 atom stereocenters. The molecule has 3 aromatic rings. The third kappa shape index (κ3) is 5.23. The molecule has 2 aliphatic heterocycles. The van der Waals surface area contributed by atoms with Crippen LogP contribution in [0.15, 0.2) is 48.5 Å². The molecular weight excluding hydrogens is 466 g/mol. The van der Waals surface area contributed by atoms with Gasteiger partial charge in [-0.25, -0.2) is 4.68 Å². The number of fused-ring (bicyclic) bond motifs is 1. The third-order valence-electron chi connectivity index (χ3n) is 6.76. The number of piperidine rings is 1. The fourth-order valence-electron chi connectivity index (χ4n) is 4.64. The van der Waals surface area contributed by atoms with Crippen LogP contribution in [0.2, 0.25) is 5.02 Å². The summed E-state index contributed by atoms with van der Waals surface area (Å²) in [4.78, 5) is 27.6. The number of ether oxygens (including phenoxy) is 1. The lowest BCUT2D eigenvalue weighted by Gasteiger charge is -2.31. The molecule has 9 heteroatoms. The number of hydrogen-bond acceptors (Lipinski definition) is 5. The van der Waals surface area contributed by atoms with Crippen molar-refractivity contribution in [1.82, 2.24) is 25.2 Å². The van der Waals surface area contributed by atoms with Gasteiger partial charge in [0.2, 0.25) is 5.91 Å². The molecule has 2 aliphatic rings. The second kappa shape index (κ2) is 10.2. The Morgan fingerprint density at radius 2 is 1.91 bits per heavy atom. The molecule has 182 valence electrons. The van der Waals surface area contributed by atoms with Crippen molar-refractivity contribution < 1.29 is 14.3 Å². The minimum atomic E-state index is -0.151. The molecule has 35 heavy (non-hydrogen) atoms. The average molecular weight is 494 g/mol. The normalized spacial score (nSPS) is 18.2. The minimum absolute atomic E-state index is 0.00802. The lowest BCUT2D eigenvalue weighted by Crippen LogP contribution is -2.43. The van der Waals surface area contributed by atoms with E-state index < -0.39 is 0 Å². The van der Waals surface area contributed by atoms with Crippen LogP contribution in [0.1, 0.15) is 51.8 Å². The van der Waals surface area contributed by atoms with Crippen LogP contribution in [-0.2, 0) is 29.2 Å². The van der Waals surface area contributed by atoms with Crippen molar-refractivity contribution in [2.24, 2.45) is 5.92 Å². The minimum Gasteiger partial charge on any atom is -0.365 e. The lowest BCUT2D eigenvalue weighted by molar-refractivity contribution is -0.126. The van der Waals surface area contributed by atoms with Crippen LogP contribution in [0, 0.1) is 12.8 Å². The Bertz CT molecular complexity index is 1220. The first kappa shape index (κ1) is 23.5. The van der Waals surface area contributed by atoms with Gasteiger partial charge in [-0.3, -0.25) is 9.59 Å². The van der Waals surface area contributed by atoms with Gasteiger partial charge in [-0.2, -0.15) is 0 Å². The monoisotopic (exact) mass is 493 g/mol. The molecule has 0 saturated carbocycles. The standard InChI is InChI=1S/C26H28ClN5O3/c1-17-5-7-19(8-6-17)23-15-32-22(16-35-23)24(29-30-32)26(34)31-11-9-20(10-12-31)25(33)28-14-18-3-2-4-21(27)13-18/h2-8,13,20,23H,9-12,14-16H2,1H3,(H,28,33)/t23-/m1/s1. The number of amides is 2. The van der Waals surface area contributed by atoms with Crippen molar-refractivity contribution in [3.8, 4) is 0 Å². The highest BCUT2D eigenvalue weighted by molar-refractivity contribution is 6.30. The van der Waals surface area contributed by atoms with E-state index in [1.165, 1.54) is 5.56 Å². The number of benzene rings is 2. The topological polar surface area (TPSA) is 89.4 Å². The summed E-state index contributed by atoms with van der Waals surface area (Å²) < 4.78 is 7.83. The molecule has 5 rings (SSSR count). The van der Waals surface area contributed by atoms with Crippen LogP contribution in [0.3, 0.4) is 0 Å². The van der Waals surface area contributed by atoms with Crippen LogP contribution in [-0.4, -0.2) is 44.8 Å². The van der Waals surface area contributed by atoms with Gasteiger partial charge in [0.15, 0.2) is 5.69 Å². The molecule has 1 fully saturated rings. The molecule has 0 bridgehead atoms. The van der Waals surface area contributed by atoms with Gasteiger partial charge in [0.25, 0.3) is 5.91 Å². The number of hydrogen-bond donors (Lipinski definition) is 1. The van der Waals surface area contributed by atoms with E-state index in [0.717, 1.165) is 11.1 Å². The van der Waals surface area contributed by atoms with E-state index in [9.17, 15) is 9.59 Å². The summed E-state index contributed by atoms with van der Waals surface area (Å²) in [6.07, 6.45) is 1.11. The highest BCUT2D eigenvalue weighted by Crippen LogP contribution is 2.28. The summed E-state index contributed by atoms with van der Waals surface area (Å²) in [6.45, 7) is 4.31. The number of halogens is 1. The van der Waals surface area contributed by atoms with Crippen molar-refractivity contribution in [1.29, 1.82) is 0 Å². The Labute approximate surface area is 209 Å². The maximum atomic E-state index is 13.2. The molecule has 3 heterocycles. The quantitative estimate of drug-likeness (QED) is 0.585. The molecule has 0 aliphatic carbocycles. The van der Waals surface area contributed by atoms with E-state index in [1.807, 2.05) is 18.2 Å². The summed E-state index contributed by atoms with van der Waals surface area (Å²) in [5.41, 5.74) is 4.29. The maximum absolute atomic E-state index is 13.2. The van der Waals surface area contributed by atoms with Crippen LogP contribution in [0.4, 0.5) is 0 Å². The predicted octanol–water partition coefficient (Wildman–Crippen LogP) is 3.68. The first-order valence-electron chi connectivity index (χ1n) is 11.9. The van der Waals surface area contributed by atoms with Gasteiger partial charge in [-0.1, -0.05) is 58.8 Å². The Kier molecular flexibility index (Phi) is 6.83. The molecule has 2 aromatic carbocycles. The number of likely N-dealkylation sites (tertiary alicyclic amines) is 1. The molecule has 0 unspecified atom stereocenters. The second-order valence-corrected chi connectivity index (χ2v) is 9.63. The molecule has 1 saturated heterocycles. The van der Waals surface area contributed by atoms with Crippen molar-refractivity contribution in [3.63, 3.8) is 0 Å². The van der Waals surface area contributed by atoms with Crippen LogP contribution in [0.5, 0.6) is 0 Å². The number of rotatable bonds is 5. The van der Waals surface area contributed by atoms with E-state index in [-0.39, 0.29) is 30.4 Å². The molecule has 0 radical (unpaired) electrons. The van der Waals surface area contributed by atoms with Crippen LogP contribution in [0.25, 0.3) is 0 Å². The molecule has 8 nitrogen and oxygen atoms in total. The first-order valence-corrected chi connectivity index (χ1v) is 12.3. The van der Waals surface area contributed by atoms with E-state index in [4.69, 9.17) is 16.3 Å². The van der Waals surface area contributed by atoms with E-state index in [2.05, 4.69) is 46.8 Å². The Balaban J connectivity index is 1.15. The fraction of sp³-hybridized carbons (Fsp3) is 0.385. The third-order valence-corrected chi connectivity index (χ3v) is 6.99. The Morgan fingerprint density at radius 1 is 1.14 bits per heavy atom. The molecule has 2 amide bonds. The number of carbonyl (C=O) groups excluding carboxylic acids is 2. The summed E-state index contributed by atoms with van der Waals surface area (Å²) in [6, 6.07) is 15.7. The van der Waals surface area contributed by atoms with Gasteiger partial charge in [-0.15, -0.1) is 5.10 Å². The van der Waals surface area contributed by atoms with Crippen molar-refractivity contribution >= 4 is 23.4 Å². The van der Waals surface area contributed by atoms with Crippen molar-refractivity contribution in [2.45, 2.75) is 45.6 Å².